The zero-order valence-electron chi connectivity index (χ0n) is 11.0. The maximum Gasteiger partial charge on any atom is 0.113 e. The van der Waals surface area contributed by atoms with Crippen molar-refractivity contribution in [3.63, 3.8) is 0 Å². The minimum atomic E-state index is 0.674. The Hall–Kier alpha value is -1.72. The summed E-state index contributed by atoms with van der Waals surface area (Å²) >= 11 is 7.06. The molecule has 0 fully saturated rings. The number of hydrogen-bond donors (Lipinski definition) is 0. The quantitative estimate of drug-likeness (QED) is 0.688. The van der Waals surface area contributed by atoms with E-state index in [0.29, 0.717) is 5.88 Å². The molecule has 3 aromatic rings. The summed E-state index contributed by atoms with van der Waals surface area (Å²) in [6, 6.07) is 16.2. The highest BCUT2D eigenvalue weighted by Gasteiger charge is 2.06. The van der Waals surface area contributed by atoms with Crippen LogP contribution in [0.4, 0.5) is 0 Å². The Labute approximate surface area is 127 Å². The van der Waals surface area contributed by atoms with Crippen LogP contribution in [-0.4, -0.2) is 19.2 Å². The lowest BCUT2D eigenvalue weighted by atomic mass is 10.2. The third-order valence-corrected chi connectivity index (χ3v) is 4.49. The number of thiocarbonyl (C=S) groups is 1. The number of aryl methyl sites for hydroxylation is 1. The van der Waals surface area contributed by atoms with Crippen LogP contribution in [0.1, 0.15) is 11.1 Å². The number of thioether (sulfide) groups is 1. The fourth-order valence-corrected chi connectivity index (χ4v) is 2.93. The van der Waals surface area contributed by atoms with Crippen molar-refractivity contribution in [3.8, 4) is 0 Å². The predicted molar refractivity (Wildman–Crippen MR) is 88.0 cm³/mol. The van der Waals surface area contributed by atoms with Crippen LogP contribution in [0.3, 0.4) is 0 Å². The Balaban J connectivity index is 1.73. The van der Waals surface area contributed by atoms with Gasteiger partial charge in [-0.3, -0.25) is 0 Å². The van der Waals surface area contributed by atoms with Gasteiger partial charge in [-0.05, 0) is 24.6 Å². The molecular formula is C15H13N3S2. The summed E-state index contributed by atoms with van der Waals surface area (Å²) < 4.78 is 2.75. The molecule has 5 heteroatoms. The van der Waals surface area contributed by atoms with Gasteiger partial charge in [-0.2, -0.15) is 0 Å². The van der Waals surface area contributed by atoms with Crippen LogP contribution in [0.15, 0.2) is 48.5 Å². The molecule has 100 valence electrons. The van der Waals surface area contributed by atoms with Gasteiger partial charge in [0.2, 0.25) is 0 Å². The first-order valence-electron chi connectivity index (χ1n) is 6.26. The summed E-state index contributed by atoms with van der Waals surface area (Å²) in [7, 11) is 0. The summed E-state index contributed by atoms with van der Waals surface area (Å²) in [5.41, 5.74) is 4.27. The molecule has 0 amide bonds. The molecule has 0 aliphatic carbocycles. The molecule has 0 saturated heterocycles. The summed E-state index contributed by atoms with van der Waals surface area (Å²) in [5, 5.41) is 8.30. The van der Waals surface area contributed by atoms with E-state index in [-0.39, 0.29) is 0 Å². The molecule has 0 saturated carbocycles. The molecule has 2 aromatic carbocycles. The molecule has 0 spiro atoms. The first-order valence-corrected chi connectivity index (χ1v) is 7.65. The van der Waals surface area contributed by atoms with Gasteiger partial charge >= 0.3 is 0 Å². The minimum Gasteiger partial charge on any atom is -0.234 e. The van der Waals surface area contributed by atoms with Crippen LogP contribution < -0.4 is 0 Å². The summed E-state index contributed by atoms with van der Waals surface area (Å²) in [6.45, 7) is 2.07. The van der Waals surface area contributed by atoms with E-state index in [1.807, 2.05) is 28.9 Å². The average Bonchev–Trinajstić information content (AvgIpc) is 2.89. The maximum absolute atomic E-state index is 5.46. The van der Waals surface area contributed by atoms with Gasteiger partial charge in [-0.25, -0.2) is 4.68 Å². The Morgan fingerprint density at radius 1 is 1.15 bits per heavy atom. The monoisotopic (exact) mass is 299 g/mol. The lowest BCUT2D eigenvalue weighted by molar-refractivity contribution is 0.724. The highest BCUT2D eigenvalue weighted by molar-refractivity contribution is 8.23. The Kier molecular flexibility index (Phi) is 3.80. The molecule has 3 nitrogen and oxygen atoms in total. The molecule has 1 aromatic heterocycles. The molecule has 0 radical (unpaired) electrons. The number of hydrogen-bond acceptors (Lipinski definition) is 4. The van der Waals surface area contributed by atoms with E-state index in [9.17, 15) is 0 Å². The highest BCUT2D eigenvalue weighted by atomic mass is 32.2. The number of aromatic nitrogens is 3. The minimum absolute atomic E-state index is 0.674. The predicted octanol–water partition coefficient (Wildman–Crippen LogP) is 3.81. The number of fused-ring (bicyclic) bond motifs is 1. The molecule has 3 rings (SSSR count). The first kappa shape index (κ1) is 13.3. The standard InChI is InChI=1S/C15H13N3S2/c1-11-6-8-12(9-7-11)15(19)20-10-18-14-5-3-2-4-13(14)16-17-18/h2-9H,10H2,1H3. The van der Waals surface area contributed by atoms with Gasteiger partial charge in [0.05, 0.1) is 15.6 Å². The van der Waals surface area contributed by atoms with Crippen LogP contribution >= 0.6 is 24.0 Å². The van der Waals surface area contributed by atoms with Crippen molar-refractivity contribution in [2.24, 2.45) is 0 Å². The SMILES string of the molecule is Cc1ccc(C(=S)SCn2nnc3ccccc32)cc1. The first-order chi connectivity index (χ1) is 9.74. The van der Waals surface area contributed by atoms with Gasteiger partial charge in [-0.15, -0.1) is 5.10 Å². The topological polar surface area (TPSA) is 30.7 Å². The van der Waals surface area contributed by atoms with Crippen molar-refractivity contribution < 1.29 is 0 Å². The number of para-hydroxylation sites is 1. The second-order valence-corrected chi connectivity index (χ2v) is 6.13. The third-order valence-electron chi connectivity index (χ3n) is 3.03. The molecule has 1 heterocycles. The second-order valence-electron chi connectivity index (χ2n) is 4.50. The van der Waals surface area contributed by atoms with Crippen molar-refractivity contribution >= 4 is 39.2 Å². The maximum atomic E-state index is 5.46. The van der Waals surface area contributed by atoms with E-state index >= 15 is 0 Å². The fourth-order valence-electron chi connectivity index (χ4n) is 1.91. The zero-order chi connectivity index (χ0) is 13.9. The number of nitrogens with zero attached hydrogens (tertiary/aromatic N) is 3. The Morgan fingerprint density at radius 2 is 1.90 bits per heavy atom. The van der Waals surface area contributed by atoms with Crippen molar-refractivity contribution in [1.82, 2.24) is 15.0 Å². The summed E-state index contributed by atoms with van der Waals surface area (Å²) in [4.78, 5) is 0. The van der Waals surface area contributed by atoms with E-state index in [2.05, 4.69) is 41.5 Å². The van der Waals surface area contributed by atoms with Gasteiger partial charge in [0.1, 0.15) is 5.52 Å². The van der Waals surface area contributed by atoms with E-state index in [1.165, 1.54) is 5.56 Å². The Morgan fingerprint density at radius 3 is 2.70 bits per heavy atom. The molecule has 0 atom stereocenters. The number of rotatable bonds is 3. The van der Waals surface area contributed by atoms with Crippen molar-refractivity contribution in [3.05, 3.63) is 59.7 Å². The molecule has 0 aliphatic rings. The van der Waals surface area contributed by atoms with Crippen LogP contribution in [0.2, 0.25) is 0 Å². The van der Waals surface area contributed by atoms with Gasteiger partial charge in [0, 0.05) is 0 Å². The largest absolute Gasteiger partial charge is 0.234 e. The molecule has 20 heavy (non-hydrogen) atoms. The van der Waals surface area contributed by atoms with E-state index < -0.39 is 0 Å². The van der Waals surface area contributed by atoms with Crippen molar-refractivity contribution in [2.75, 3.05) is 0 Å². The van der Waals surface area contributed by atoms with Crippen molar-refractivity contribution in [1.29, 1.82) is 0 Å². The smallest absolute Gasteiger partial charge is 0.113 e. The highest BCUT2D eigenvalue weighted by Crippen LogP contribution is 2.19. The van der Waals surface area contributed by atoms with Crippen LogP contribution in [0.5, 0.6) is 0 Å². The lowest BCUT2D eigenvalue weighted by Gasteiger charge is -2.05. The molecule has 0 aliphatic heterocycles. The molecule has 0 N–H and O–H groups in total. The molecular weight excluding hydrogens is 286 g/mol. The van der Waals surface area contributed by atoms with Crippen molar-refractivity contribution in [2.45, 2.75) is 12.8 Å². The van der Waals surface area contributed by atoms with E-state index in [0.717, 1.165) is 20.8 Å². The van der Waals surface area contributed by atoms with Gasteiger partial charge < -0.3 is 0 Å². The average molecular weight is 299 g/mol. The summed E-state index contributed by atoms with van der Waals surface area (Å²) in [6.07, 6.45) is 0. The van der Waals surface area contributed by atoms with Gasteiger partial charge in [-0.1, -0.05) is 71.2 Å². The second kappa shape index (κ2) is 5.73. The van der Waals surface area contributed by atoms with E-state index in [1.54, 1.807) is 11.8 Å². The number of benzene rings is 2. The molecule has 0 unspecified atom stereocenters. The molecule has 0 bridgehead atoms. The van der Waals surface area contributed by atoms with Crippen LogP contribution in [0, 0.1) is 6.92 Å². The normalized spacial score (nSPS) is 10.8. The fraction of sp³-hybridized carbons (Fsp3) is 0.133. The van der Waals surface area contributed by atoms with E-state index in [4.69, 9.17) is 12.2 Å². The van der Waals surface area contributed by atoms with Crippen LogP contribution in [-0.2, 0) is 5.88 Å². The van der Waals surface area contributed by atoms with Gasteiger partial charge in [0.15, 0.2) is 0 Å². The lowest BCUT2D eigenvalue weighted by Crippen LogP contribution is -2.00. The zero-order valence-corrected chi connectivity index (χ0v) is 12.6. The summed E-state index contributed by atoms with van der Waals surface area (Å²) in [5.74, 6) is 0.674. The van der Waals surface area contributed by atoms with Crippen LogP contribution in [0.25, 0.3) is 11.0 Å². The van der Waals surface area contributed by atoms with Gasteiger partial charge in [0.25, 0.3) is 0 Å². The Bertz CT molecular complexity index is 747. The third kappa shape index (κ3) is 2.73.